The molecule has 2 rings (SSSR count). The summed E-state index contributed by atoms with van der Waals surface area (Å²) < 4.78 is 0. The van der Waals surface area contributed by atoms with Gasteiger partial charge in [-0.2, -0.15) is 0 Å². The van der Waals surface area contributed by atoms with Gasteiger partial charge in [-0.25, -0.2) is 9.99 Å². The Balaban J connectivity index is 2.37. The van der Waals surface area contributed by atoms with Crippen molar-refractivity contribution in [2.75, 3.05) is 0 Å². The van der Waals surface area contributed by atoms with Crippen LogP contribution in [0.3, 0.4) is 0 Å². The fourth-order valence-corrected chi connectivity index (χ4v) is 2.55. The third-order valence-electron chi connectivity index (χ3n) is 3.93. The van der Waals surface area contributed by atoms with E-state index < -0.39 is 11.4 Å². The average molecular weight is 360 g/mol. The number of rotatable bonds is 2. The largest absolute Gasteiger partial charge is 0.273 e. The summed E-state index contributed by atoms with van der Waals surface area (Å²) >= 11 is 5.98. The first-order valence-electron chi connectivity index (χ1n) is 7.95. The summed E-state index contributed by atoms with van der Waals surface area (Å²) in [5.74, 6) is -0.756. The quantitative estimate of drug-likeness (QED) is 0.652. The highest BCUT2D eigenvalue weighted by Gasteiger charge is 2.31. The molecule has 0 saturated heterocycles. The van der Waals surface area contributed by atoms with Gasteiger partial charge in [-0.1, -0.05) is 23.7 Å². The minimum Gasteiger partial charge on any atom is -0.267 e. The van der Waals surface area contributed by atoms with Crippen LogP contribution in [0.2, 0.25) is 5.15 Å². The fourth-order valence-electron chi connectivity index (χ4n) is 2.34. The summed E-state index contributed by atoms with van der Waals surface area (Å²) in [4.78, 5) is 29.6. The minimum atomic E-state index is -0.627. The highest BCUT2D eigenvalue weighted by Crippen LogP contribution is 2.20. The molecule has 1 aromatic carbocycles. The Bertz CT molecular complexity index is 813. The highest BCUT2D eigenvalue weighted by atomic mass is 35.5. The second-order valence-corrected chi connectivity index (χ2v) is 7.20. The van der Waals surface area contributed by atoms with Crippen LogP contribution in [0.1, 0.15) is 52.6 Å². The Labute approximate surface area is 153 Å². The lowest BCUT2D eigenvalue weighted by Gasteiger charge is -2.36. The number of carbonyl (C=O) groups is 2. The van der Waals surface area contributed by atoms with Crippen LogP contribution in [-0.4, -0.2) is 27.3 Å². The van der Waals surface area contributed by atoms with Crippen molar-refractivity contribution in [3.63, 3.8) is 0 Å². The van der Waals surface area contributed by atoms with E-state index in [0.29, 0.717) is 5.56 Å². The molecule has 0 aliphatic rings. The van der Waals surface area contributed by atoms with Crippen molar-refractivity contribution in [1.82, 2.24) is 15.4 Å². The first-order chi connectivity index (χ1) is 11.6. The van der Waals surface area contributed by atoms with Crippen LogP contribution in [0.5, 0.6) is 0 Å². The van der Waals surface area contributed by atoms with Crippen LogP contribution >= 0.6 is 11.6 Å². The summed E-state index contributed by atoms with van der Waals surface area (Å²) in [6.07, 6.45) is 1.50. The van der Waals surface area contributed by atoms with Gasteiger partial charge in [0.05, 0.1) is 11.1 Å². The number of aryl methyl sites for hydroxylation is 1. The van der Waals surface area contributed by atoms with Gasteiger partial charge in [-0.05, 0) is 63.9 Å². The van der Waals surface area contributed by atoms with E-state index in [-0.39, 0.29) is 16.6 Å². The third kappa shape index (κ3) is 4.17. The van der Waals surface area contributed by atoms with Gasteiger partial charge in [-0.3, -0.25) is 15.0 Å². The summed E-state index contributed by atoms with van der Waals surface area (Å²) in [6.45, 7) is 9.38. The molecule has 0 aliphatic heterocycles. The van der Waals surface area contributed by atoms with E-state index >= 15 is 0 Å². The van der Waals surface area contributed by atoms with Gasteiger partial charge >= 0.3 is 0 Å². The molecule has 0 fully saturated rings. The number of halogens is 1. The molecule has 5 nitrogen and oxygen atoms in total. The molecule has 132 valence electrons. The summed E-state index contributed by atoms with van der Waals surface area (Å²) in [7, 11) is 0. The van der Waals surface area contributed by atoms with Gasteiger partial charge in [0.15, 0.2) is 0 Å². The van der Waals surface area contributed by atoms with E-state index in [4.69, 9.17) is 11.6 Å². The summed E-state index contributed by atoms with van der Waals surface area (Å²) in [6, 6.07) is 8.72. The van der Waals surface area contributed by atoms with Gasteiger partial charge in [0, 0.05) is 11.8 Å². The molecule has 0 atom stereocenters. The molecular formula is C19H22ClN3O2. The van der Waals surface area contributed by atoms with Crippen molar-refractivity contribution in [2.24, 2.45) is 0 Å². The number of nitrogens with zero attached hydrogens (tertiary/aromatic N) is 2. The van der Waals surface area contributed by atoms with Crippen molar-refractivity contribution in [2.45, 2.75) is 40.2 Å². The number of hydrogen-bond donors (Lipinski definition) is 1. The maximum atomic E-state index is 13.1. The molecule has 0 spiro atoms. The number of hydrazine groups is 1. The molecule has 0 saturated carbocycles. The lowest BCUT2D eigenvalue weighted by atomic mass is 10.0. The number of amides is 2. The number of aromatic nitrogens is 1. The van der Waals surface area contributed by atoms with E-state index in [1.165, 1.54) is 11.2 Å². The maximum Gasteiger partial charge on any atom is 0.273 e. The lowest BCUT2D eigenvalue weighted by molar-refractivity contribution is 0.0358. The molecule has 1 N–H and O–H groups in total. The molecule has 6 heteroatoms. The van der Waals surface area contributed by atoms with E-state index in [1.54, 1.807) is 18.2 Å². The molecule has 0 aliphatic carbocycles. The second-order valence-electron chi connectivity index (χ2n) is 6.84. The first kappa shape index (κ1) is 18.9. The van der Waals surface area contributed by atoms with E-state index in [9.17, 15) is 9.59 Å². The standard InChI is InChI=1S/C19H22ClN3O2/c1-12-8-6-9-14(13(12)2)18(25)23(19(3,4)5)22-17(24)15-10-7-11-21-16(15)20/h6-11H,1-5H3,(H,22,24). The van der Waals surface area contributed by atoms with Crippen LogP contribution in [0, 0.1) is 13.8 Å². The fraction of sp³-hybridized carbons (Fsp3) is 0.316. The molecule has 1 aromatic heterocycles. The smallest absolute Gasteiger partial charge is 0.267 e. The monoisotopic (exact) mass is 359 g/mol. The predicted octanol–water partition coefficient (Wildman–Crippen LogP) is 3.94. The van der Waals surface area contributed by atoms with Gasteiger partial charge in [0.1, 0.15) is 5.15 Å². The molecule has 0 bridgehead atoms. The normalized spacial score (nSPS) is 11.1. The van der Waals surface area contributed by atoms with Crippen LogP contribution in [0.25, 0.3) is 0 Å². The zero-order valence-electron chi connectivity index (χ0n) is 15.1. The maximum absolute atomic E-state index is 13.1. The van der Waals surface area contributed by atoms with Gasteiger partial charge in [-0.15, -0.1) is 0 Å². The number of hydrogen-bond acceptors (Lipinski definition) is 3. The first-order valence-corrected chi connectivity index (χ1v) is 8.33. The Morgan fingerprint density at radius 2 is 1.72 bits per heavy atom. The molecule has 1 heterocycles. The third-order valence-corrected chi connectivity index (χ3v) is 4.23. The van der Waals surface area contributed by atoms with Crippen LogP contribution in [0.15, 0.2) is 36.5 Å². The number of nitrogens with one attached hydrogen (secondary N) is 1. The Hall–Kier alpha value is -2.40. The van der Waals surface area contributed by atoms with Crippen molar-refractivity contribution in [1.29, 1.82) is 0 Å². The number of pyridine rings is 1. The Morgan fingerprint density at radius 3 is 2.32 bits per heavy atom. The van der Waals surface area contributed by atoms with Crippen molar-refractivity contribution >= 4 is 23.4 Å². The topological polar surface area (TPSA) is 62.3 Å². The molecular weight excluding hydrogens is 338 g/mol. The number of benzene rings is 1. The van der Waals surface area contributed by atoms with Crippen LogP contribution in [0.4, 0.5) is 0 Å². The van der Waals surface area contributed by atoms with Crippen LogP contribution < -0.4 is 5.43 Å². The summed E-state index contributed by atoms with van der Waals surface area (Å²) in [5, 5.41) is 1.42. The molecule has 2 aromatic rings. The van der Waals surface area contributed by atoms with Crippen molar-refractivity contribution < 1.29 is 9.59 Å². The van der Waals surface area contributed by atoms with Crippen LogP contribution in [-0.2, 0) is 0 Å². The molecule has 2 amide bonds. The lowest BCUT2D eigenvalue weighted by Crippen LogP contribution is -2.56. The van der Waals surface area contributed by atoms with Crippen molar-refractivity contribution in [3.05, 3.63) is 63.9 Å². The van der Waals surface area contributed by atoms with Crippen molar-refractivity contribution in [3.8, 4) is 0 Å². The number of carbonyl (C=O) groups excluding carboxylic acids is 2. The Kier molecular flexibility index (Phi) is 5.48. The zero-order chi connectivity index (χ0) is 18.8. The SMILES string of the molecule is Cc1cccc(C(=O)N(NC(=O)c2cccnc2Cl)C(C)(C)C)c1C. The highest BCUT2D eigenvalue weighted by molar-refractivity contribution is 6.32. The van der Waals surface area contributed by atoms with Gasteiger partial charge in [0.2, 0.25) is 0 Å². The van der Waals surface area contributed by atoms with E-state index in [1.807, 2.05) is 46.8 Å². The van der Waals surface area contributed by atoms with Gasteiger partial charge < -0.3 is 0 Å². The Morgan fingerprint density at radius 1 is 1.08 bits per heavy atom. The van der Waals surface area contributed by atoms with E-state index in [0.717, 1.165) is 11.1 Å². The summed E-state index contributed by atoms with van der Waals surface area (Å²) in [5.41, 5.74) is 4.72. The van der Waals surface area contributed by atoms with Gasteiger partial charge in [0.25, 0.3) is 11.8 Å². The second kappa shape index (κ2) is 7.23. The minimum absolute atomic E-state index is 0.0908. The van der Waals surface area contributed by atoms with E-state index in [2.05, 4.69) is 10.4 Å². The average Bonchev–Trinajstić information content (AvgIpc) is 2.53. The zero-order valence-corrected chi connectivity index (χ0v) is 15.8. The molecule has 0 unspecified atom stereocenters. The molecule has 25 heavy (non-hydrogen) atoms. The predicted molar refractivity (Wildman–Crippen MR) is 98.6 cm³/mol. The molecule has 0 radical (unpaired) electrons.